The van der Waals surface area contributed by atoms with Gasteiger partial charge >= 0.3 is 0 Å². The molecule has 2 unspecified atom stereocenters. The summed E-state index contributed by atoms with van der Waals surface area (Å²) in [5.41, 5.74) is 1.46. The molecule has 0 N–H and O–H groups in total. The van der Waals surface area contributed by atoms with Crippen LogP contribution in [0.25, 0.3) is 0 Å². The lowest BCUT2D eigenvalue weighted by Gasteiger charge is -2.28. The first kappa shape index (κ1) is 34.0. The second-order valence-corrected chi connectivity index (χ2v) is 13.1. The van der Waals surface area contributed by atoms with Crippen molar-refractivity contribution in [2.75, 3.05) is 61.2 Å². The Kier molecular flexibility index (Phi) is 18.8. The highest BCUT2D eigenvalue weighted by molar-refractivity contribution is 14.1. The van der Waals surface area contributed by atoms with Gasteiger partial charge in [-0.05, 0) is 59.5 Å². The molecule has 7 nitrogen and oxygen atoms in total. The van der Waals surface area contributed by atoms with Gasteiger partial charge in [-0.3, -0.25) is 4.57 Å². The number of hydrogen-bond acceptors (Lipinski definition) is 6. The summed E-state index contributed by atoms with van der Waals surface area (Å²) < 4.78 is 34.6. The smallest absolute Gasteiger partial charge is 0.268 e. The normalized spacial score (nSPS) is 14.6. The summed E-state index contributed by atoms with van der Waals surface area (Å²) in [5.74, 6) is 0. The van der Waals surface area contributed by atoms with Crippen LogP contribution in [0.15, 0.2) is 24.3 Å². The lowest BCUT2D eigenvalue weighted by atomic mass is 10.0. The fourth-order valence-corrected chi connectivity index (χ4v) is 5.01. The van der Waals surface area contributed by atoms with Crippen molar-refractivity contribution in [3.63, 3.8) is 0 Å². The molecule has 0 radical (unpaired) electrons. The van der Waals surface area contributed by atoms with E-state index >= 15 is 0 Å². The maximum Gasteiger partial charge on any atom is 0.268 e. The minimum Gasteiger partial charge on any atom is -0.756 e. The van der Waals surface area contributed by atoms with Crippen molar-refractivity contribution < 1.29 is 32.5 Å². The largest absolute Gasteiger partial charge is 0.756 e. The van der Waals surface area contributed by atoms with Gasteiger partial charge in [-0.1, -0.05) is 63.5 Å². The maximum absolute atomic E-state index is 11.9. The SMILES string of the molecule is COC(COCCCCCCCCCCCCc1cccc([125I])c1)COP(=O)([O-])OCC[N+](C)(C)C. The van der Waals surface area contributed by atoms with Gasteiger partial charge in [0, 0.05) is 17.3 Å². The summed E-state index contributed by atoms with van der Waals surface area (Å²) >= 11 is 2.38. The molecule has 2 atom stereocenters. The second-order valence-electron chi connectivity index (χ2n) is 10.4. The van der Waals surface area contributed by atoms with E-state index in [4.69, 9.17) is 18.5 Å². The predicted octanol–water partition coefficient (Wildman–Crippen LogP) is 5.97. The molecule has 0 aliphatic heterocycles. The molecule has 0 heterocycles. The van der Waals surface area contributed by atoms with Gasteiger partial charge in [0.25, 0.3) is 7.82 Å². The zero-order valence-corrected chi connectivity index (χ0v) is 26.0. The lowest BCUT2D eigenvalue weighted by Crippen LogP contribution is -2.37. The number of halogens is 1. The van der Waals surface area contributed by atoms with Crippen LogP contribution >= 0.6 is 30.4 Å². The molecular formula is C27H49INO6P. The molecule has 0 fully saturated rings. The van der Waals surface area contributed by atoms with Crippen molar-refractivity contribution >= 4 is 30.4 Å². The number of likely N-dealkylation sites (N-methyl/N-ethyl adjacent to an activating group) is 1. The van der Waals surface area contributed by atoms with Crippen LogP contribution in [-0.2, 0) is 29.5 Å². The molecule has 0 aromatic heterocycles. The number of ether oxygens (including phenoxy) is 2. The molecule has 0 saturated carbocycles. The van der Waals surface area contributed by atoms with Gasteiger partial charge in [-0.25, -0.2) is 0 Å². The molecule has 0 bridgehead atoms. The third-order valence-electron chi connectivity index (χ3n) is 5.96. The molecule has 0 amide bonds. The van der Waals surface area contributed by atoms with E-state index in [2.05, 4.69) is 46.9 Å². The Morgan fingerprint density at radius 1 is 0.889 bits per heavy atom. The Morgan fingerprint density at radius 2 is 1.50 bits per heavy atom. The van der Waals surface area contributed by atoms with E-state index in [1.165, 1.54) is 74.0 Å². The van der Waals surface area contributed by atoms with E-state index in [0.29, 0.717) is 24.2 Å². The Labute approximate surface area is 233 Å². The predicted molar refractivity (Wildman–Crippen MR) is 153 cm³/mol. The van der Waals surface area contributed by atoms with E-state index in [0.717, 1.165) is 12.8 Å². The van der Waals surface area contributed by atoms with E-state index in [9.17, 15) is 9.46 Å². The number of unbranched alkanes of at least 4 members (excludes halogenated alkanes) is 9. The quantitative estimate of drug-likeness (QED) is 0.0636. The van der Waals surface area contributed by atoms with Gasteiger partial charge < -0.3 is 27.9 Å². The number of hydrogen-bond donors (Lipinski definition) is 0. The first-order chi connectivity index (χ1) is 17.1. The molecule has 0 saturated heterocycles. The summed E-state index contributed by atoms with van der Waals surface area (Å²) in [6.45, 7) is 1.51. The minimum absolute atomic E-state index is 0.0900. The Morgan fingerprint density at radius 3 is 2.08 bits per heavy atom. The number of benzene rings is 1. The highest BCUT2D eigenvalue weighted by Crippen LogP contribution is 2.38. The molecule has 1 aromatic carbocycles. The first-order valence-corrected chi connectivity index (χ1v) is 15.9. The molecule has 36 heavy (non-hydrogen) atoms. The molecule has 1 rings (SSSR count). The Balaban J connectivity index is 1.92. The molecule has 9 heteroatoms. The van der Waals surface area contributed by atoms with E-state index in [1.807, 2.05) is 21.1 Å². The number of methoxy groups -OCH3 is 1. The van der Waals surface area contributed by atoms with Crippen LogP contribution in [0.1, 0.15) is 69.8 Å². The maximum atomic E-state index is 11.9. The zero-order chi connectivity index (χ0) is 26.7. The molecule has 0 spiro atoms. The van der Waals surface area contributed by atoms with Crippen molar-refractivity contribution in [1.29, 1.82) is 0 Å². The Hall–Kier alpha value is -0.0600. The van der Waals surface area contributed by atoms with Crippen LogP contribution in [-0.4, -0.2) is 71.8 Å². The van der Waals surface area contributed by atoms with Crippen molar-refractivity contribution in [3.8, 4) is 0 Å². The summed E-state index contributed by atoms with van der Waals surface area (Å²) in [5, 5.41) is 0. The van der Waals surface area contributed by atoms with Crippen LogP contribution in [0, 0.1) is 3.57 Å². The molecule has 0 aliphatic carbocycles. The number of rotatable bonds is 23. The van der Waals surface area contributed by atoms with Gasteiger partial charge in [-0.15, -0.1) is 0 Å². The number of phosphoric ester groups is 1. The average Bonchev–Trinajstić information content (AvgIpc) is 2.80. The Bertz CT molecular complexity index is 730. The van der Waals surface area contributed by atoms with E-state index < -0.39 is 13.9 Å². The van der Waals surface area contributed by atoms with Crippen LogP contribution < -0.4 is 4.89 Å². The van der Waals surface area contributed by atoms with Crippen LogP contribution in [0.2, 0.25) is 0 Å². The fourth-order valence-electron chi connectivity index (χ4n) is 3.68. The van der Waals surface area contributed by atoms with Crippen molar-refractivity contribution in [2.24, 2.45) is 0 Å². The van der Waals surface area contributed by atoms with Crippen LogP contribution in [0.5, 0.6) is 0 Å². The summed E-state index contributed by atoms with van der Waals surface area (Å²) in [6.07, 6.45) is 13.4. The minimum atomic E-state index is -4.33. The summed E-state index contributed by atoms with van der Waals surface area (Å²) in [4.78, 5) is 11.9. The second kappa shape index (κ2) is 19.9. The number of aryl methyl sites for hydroxylation is 1. The first-order valence-electron chi connectivity index (χ1n) is 13.4. The molecule has 210 valence electrons. The lowest BCUT2D eigenvalue weighted by molar-refractivity contribution is -0.870. The van der Waals surface area contributed by atoms with E-state index in [-0.39, 0.29) is 13.2 Å². The zero-order valence-electron chi connectivity index (χ0n) is 22.9. The van der Waals surface area contributed by atoms with Gasteiger partial charge in [0.1, 0.15) is 19.3 Å². The van der Waals surface area contributed by atoms with Crippen LogP contribution in [0.4, 0.5) is 0 Å². The third kappa shape index (κ3) is 20.0. The van der Waals surface area contributed by atoms with Crippen molar-refractivity contribution in [3.05, 3.63) is 33.4 Å². The monoisotopic (exact) mass is 639 g/mol. The van der Waals surface area contributed by atoms with Gasteiger partial charge in [0.15, 0.2) is 0 Å². The highest BCUT2D eigenvalue weighted by Gasteiger charge is 2.16. The standard InChI is InChI=1S/C27H49INO6P/c1-29(2,3)19-21-34-36(30,31)35-24-27(32-4)23-33-20-14-12-10-8-6-5-7-9-11-13-16-25-17-15-18-26(28)22-25/h15,17-18,22,27H,5-14,16,19-21,23-24H2,1-4H3/i28-2. The summed E-state index contributed by atoms with van der Waals surface area (Å²) in [6, 6.07) is 8.81. The highest BCUT2D eigenvalue weighted by atomic mass is 125. The molecular weight excluding hydrogens is 590 g/mol. The van der Waals surface area contributed by atoms with Crippen molar-refractivity contribution in [2.45, 2.75) is 76.7 Å². The van der Waals surface area contributed by atoms with Crippen molar-refractivity contribution in [1.82, 2.24) is 0 Å². The number of phosphoric acid groups is 1. The number of quaternary nitrogens is 1. The molecule has 0 aliphatic rings. The summed E-state index contributed by atoms with van der Waals surface area (Å²) in [7, 11) is 3.10. The van der Waals surface area contributed by atoms with Gasteiger partial charge in [0.05, 0.1) is 34.4 Å². The van der Waals surface area contributed by atoms with Crippen LogP contribution in [0.3, 0.4) is 0 Å². The average molecular weight is 640 g/mol. The number of nitrogens with zero attached hydrogens (tertiary/aromatic N) is 1. The van der Waals surface area contributed by atoms with E-state index in [1.54, 1.807) is 0 Å². The third-order valence-corrected chi connectivity index (χ3v) is 7.60. The van der Waals surface area contributed by atoms with Gasteiger partial charge in [0.2, 0.25) is 0 Å². The van der Waals surface area contributed by atoms with Gasteiger partial charge in [-0.2, -0.15) is 0 Å². The topological polar surface area (TPSA) is 77.1 Å². The fraction of sp³-hybridized carbons (Fsp3) is 0.778. The molecule has 1 aromatic rings.